The third kappa shape index (κ3) is 5.83. The van der Waals surface area contributed by atoms with Crippen LogP contribution in [0.15, 0.2) is 54.6 Å². The summed E-state index contributed by atoms with van der Waals surface area (Å²) >= 11 is 0. The molecule has 0 spiro atoms. The maximum Gasteiger partial charge on any atom is 0.146 e. The molecule has 0 saturated heterocycles. The molecule has 4 rings (SSSR count). The van der Waals surface area contributed by atoms with Crippen LogP contribution in [-0.2, 0) is 0 Å². The van der Waals surface area contributed by atoms with Crippen molar-refractivity contribution in [3.05, 3.63) is 82.7 Å². The molecular weight excluding hydrogens is 405 g/mol. The number of nitrogens with zero attached hydrogens (tertiary/aromatic N) is 1. The van der Waals surface area contributed by atoms with Gasteiger partial charge in [-0.05, 0) is 78.8 Å². The van der Waals surface area contributed by atoms with Gasteiger partial charge in [-0.2, -0.15) is 5.26 Å². The quantitative estimate of drug-likeness (QED) is 0.280. The molecule has 3 aromatic rings. The lowest BCUT2D eigenvalue weighted by Gasteiger charge is -2.29. The van der Waals surface area contributed by atoms with E-state index in [0.29, 0.717) is 22.4 Å². The zero-order valence-corrected chi connectivity index (χ0v) is 19.5. The number of unbranched alkanes of at least 4 members (excludes halogenated alkanes) is 3. The summed E-state index contributed by atoms with van der Waals surface area (Å²) in [7, 11) is 0. The molecule has 0 N–H and O–H groups in total. The van der Waals surface area contributed by atoms with Crippen LogP contribution >= 0.6 is 0 Å². The van der Waals surface area contributed by atoms with Crippen LogP contribution in [0.2, 0.25) is 0 Å². The number of fused-ring (bicyclic) bond motifs is 1. The molecule has 1 saturated carbocycles. The van der Waals surface area contributed by atoms with E-state index in [9.17, 15) is 0 Å². The average molecular weight is 438 g/mol. The summed E-state index contributed by atoms with van der Waals surface area (Å²) in [6.45, 7) is 2.27. The highest BCUT2D eigenvalue weighted by atomic mass is 19.1. The van der Waals surface area contributed by atoms with Crippen LogP contribution in [-0.4, -0.2) is 0 Å². The Kier molecular flexibility index (Phi) is 7.80. The van der Waals surface area contributed by atoms with Crippen LogP contribution in [0.3, 0.4) is 0 Å². The van der Waals surface area contributed by atoms with Crippen molar-refractivity contribution in [2.45, 2.75) is 70.6 Å². The van der Waals surface area contributed by atoms with E-state index < -0.39 is 0 Å². The van der Waals surface area contributed by atoms with Crippen LogP contribution in [0.4, 0.5) is 4.39 Å². The molecule has 0 unspecified atom stereocenters. The minimum atomic E-state index is -0.254. The summed E-state index contributed by atoms with van der Waals surface area (Å²) in [5.41, 5.74) is 3.12. The maximum absolute atomic E-state index is 15.1. The van der Waals surface area contributed by atoms with Gasteiger partial charge in [-0.25, -0.2) is 4.39 Å². The highest BCUT2D eigenvalue weighted by molar-refractivity contribution is 5.85. The van der Waals surface area contributed by atoms with E-state index in [0.717, 1.165) is 16.9 Å². The van der Waals surface area contributed by atoms with E-state index >= 15 is 4.39 Å². The molecule has 3 aromatic carbocycles. The molecule has 33 heavy (non-hydrogen) atoms. The van der Waals surface area contributed by atoms with Crippen molar-refractivity contribution in [1.82, 2.24) is 0 Å². The molecule has 0 amide bonds. The summed E-state index contributed by atoms with van der Waals surface area (Å²) in [5, 5.41) is 10.5. The molecule has 0 radical (unpaired) electrons. The number of nitriles is 1. The van der Waals surface area contributed by atoms with E-state index in [1.807, 2.05) is 12.1 Å². The lowest BCUT2D eigenvalue weighted by Crippen LogP contribution is -2.13. The fraction of sp³-hybridized carbons (Fsp3) is 0.387. The van der Waals surface area contributed by atoms with Crippen molar-refractivity contribution in [2.75, 3.05) is 0 Å². The topological polar surface area (TPSA) is 23.8 Å². The minimum Gasteiger partial charge on any atom is -0.205 e. The first kappa shape index (κ1) is 23.1. The smallest absolute Gasteiger partial charge is 0.146 e. The Morgan fingerprint density at radius 3 is 2.33 bits per heavy atom. The largest absolute Gasteiger partial charge is 0.205 e. The van der Waals surface area contributed by atoms with E-state index in [2.05, 4.69) is 37.0 Å². The number of benzene rings is 3. The summed E-state index contributed by atoms with van der Waals surface area (Å²) in [6, 6.07) is 19.1. The van der Waals surface area contributed by atoms with Gasteiger partial charge in [0, 0.05) is 10.9 Å². The molecule has 1 fully saturated rings. The van der Waals surface area contributed by atoms with E-state index in [1.54, 1.807) is 30.3 Å². The van der Waals surface area contributed by atoms with Gasteiger partial charge in [0.25, 0.3) is 0 Å². The normalized spacial score (nSPS) is 17.8. The van der Waals surface area contributed by atoms with Crippen LogP contribution in [0.25, 0.3) is 10.8 Å². The third-order valence-electron chi connectivity index (χ3n) is 7.12. The summed E-state index contributed by atoms with van der Waals surface area (Å²) in [6.07, 6.45) is 12.0. The van der Waals surface area contributed by atoms with Crippen LogP contribution in [0.1, 0.15) is 92.9 Å². The Balaban J connectivity index is 1.43. The van der Waals surface area contributed by atoms with Crippen molar-refractivity contribution < 1.29 is 4.39 Å². The molecule has 168 valence electrons. The molecule has 1 nitrogen and oxygen atoms in total. The van der Waals surface area contributed by atoms with E-state index in [-0.39, 0.29) is 5.82 Å². The Labute approximate surface area is 197 Å². The van der Waals surface area contributed by atoms with Crippen molar-refractivity contribution in [2.24, 2.45) is 5.92 Å². The Bertz CT molecular complexity index is 1180. The zero-order valence-electron chi connectivity index (χ0n) is 19.5. The summed E-state index contributed by atoms with van der Waals surface area (Å²) in [5.74, 6) is 7.21. The Hall–Kier alpha value is -3.10. The standard InChI is InChI=1S/C31H32FN/c1-2-3-4-5-6-23-11-14-26(15-12-23)28-19-20-30-29(21-28)18-17-27(31(30)32)16-13-24-7-9-25(22-33)10-8-24/h7-10,17-21,23,26H,2-6,11-12,14-15H2,1H3. The summed E-state index contributed by atoms with van der Waals surface area (Å²) in [4.78, 5) is 0. The van der Waals surface area contributed by atoms with Gasteiger partial charge in [-0.15, -0.1) is 0 Å². The van der Waals surface area contributed by atoms with Gasteiger partial charge in [-0.3, -0.25) is 0 Å². The van der Waals surface area contributed by atoms with Gasteiger partial charge in [0.2, 0.25) is 0 Å². The van der Waals surface area contributed by atoms with Gasteiger partial charge in [0.05, 0.1) is 17.2 Å². The number of hydrogen-bond donors (Lipinski definition) is 0. The second kappa shape index (κ2) is 11.2. The molecule has 0 bridgehead atoms. The first-order valence-corrected chi connectivity index (χ1v) is 12.4. The zero-order chi connectivity index (χ0) is 23.0. The SMILES string of the molecule is CCCCCCC1CCC(c2ccc3c(F)c(C#Cc4ccc(C#N)cc4)ccc3c2)CC1. The number of hydrogen-bond acceptors (Lipinski definition) is 1. The molecule has 0 atom stereocenters. The lowest BCUT2D eigenvalue weighted by molar-refractivity contribution is 0.302. The number of halogens is 1. The van der Waals surface area contributed by atoms with Gasteiger partial charge < -0.3 is 0 Å². The predicted molar refractivity (Wildman–Crippen MR) is 135 cm³/mol. The van der Waals surface area contributed by atoms with Crippen LogP contribution in [0.5, 0.6) is 0 Å². The Morgan fingerprint density at radius 2 is 1.61 bits per heavy atom. The highest BCUT2D eigenvalue weighted by Gasteiger charge is 2.22. The van der Waals surface area contributed by atoms with Crippen molar-refractivity contribution >= 4 is 10.8 Å². The first-order valence-electron chi connectivity index (χ1n) is 12.4. The molecule has 1 aliphatic carbocycles. The van der Waals surface area contributed by atoms with E-state index in [4.69, 9.17) is 5.26 Å². The monoisotopic (exact) mass is 437 g/mol. The van der Waals surface area contributed by atoms with Crippen LogP contribution < -0.4 is 0 Å². The van der Waals surface area contributed by atoms with Crippen LogP contribution in [0, 0.1) is 34.9 Å². The average Bonchev–Trinajstić information content (AvgIpc) is 2.87. The molecule has 0 aromatic heterocycles. The second-order valence-corrected chi connectivity index (χ2v) is 9.41. The second-order valence-electron chi connectivity index (χ2n) is 9.41. The van der Waals surface area contributed by atoms with Gasteiger partial charge in [0.1, 0.15) is 5.82 Å². The summed E-state index contributed by atoms with van der Waals surface area (Å²) < 4.78 is 15.1. The first-order chi connectivity index (χ1) is 16.2. The third-order valence-corrected chi connectivity index (χ3v) is 7.12. The van der Waals surface area contributed by atoms with Gasteiger partial charge in [-0.1, -0.05) is 75.1 Å². The molecule has 2 heteroatoms. The number of rotatable bonds is 6. The van der Waals surface area contributed by atoms with E-state index in [1.165, 1.54) is 63.4 Å². The predicted octanol–water partition coefficient (Wildman–Crippen LogP) is 8.49. The van der Waals surface area contributed by atoms with Crippen molar-refractivity contribution in [1.29, 1.82) is 5.26 Å². The molecule has 1 aliphatic rings. The molecule has 0 heterocycles. The van der Waals surface area contributed by atoms with Crippen molar-refractivity contribution in [3.63, 3.8) is 0 Å². The molecule has 0 aliphatic heterocycles. The lowest BCUT2D eigenvalue weighted by atomic mass is 9.76. The highest BCUT2D eigenvalue weighted by Crippen LogP contribution is 2.38. The Morgan fingerprint density at radius 1 is 0.848 bits per heavy atom. The van der Waals surface area contributed by atoms with Gasteiger partial charge >= 0.3 is 0 Å². The maximum atomic E-state index is 15.1. The fourth-order valence-electron chi connectivity index (χ4n) is 5.07. The van der Waals surface area contributed by atoms with Crippen molar-refractivity contribution in [3.8, 4) is 17.9 Å². The van der Waals surface area contributed by atoms with Gasteiger partial charge in [0.15, 0.2) is 0 Å². The fourth-order valence-corrected chi connectivity index (χ4v) is 5.07. The molecular formula is C31H32FN. The minimum absolute atomic E-state index is 0.254.